The largest absolute Gasteiger partial charge is 0.508 e. The second-order valence-electron chi connectivity index (χ2n) is 8.37. The number of ketones is 1. The van der Waals surface area contributed by atoms with E-state index in [1.54, 1.807) is 13.2 Å². The Morgan fingerprint density at radius 1 is 1.09 bits per heavy atom. The van der Waals surface area contributed by atoms with Crippen LogP contribution in [0.4, 0.5) is 0 Å². The normalized spacial score (nSPS) is 15.7. The van der Waals surface area contributed by atoms with Crippen LogP contribution in [0.25, 0.3) is 0 Å². The molecule has 1 atom stereocenters. The molecular formula is C26H30O6. The van der Waals surface area contributed by atoms with E-state index in [1.165, 1.54) is 23.3 Å². The predicted molar refractivity (Wildman–Crippen MR) is 123 cm³/mol. The summed E-state index contributed by atoms with van der Waals surface area (Å²) in [6.07, 6.45) is 6.11. The Bertz CT molecular complexity index is 1080. The SMILES string of the molecule is COc1cc(O)c([C@@H]2CC(=O)c3c(O)cc(O)cc3O2)cc1CC=C(C)CCC=C(C)C. The second-order valence-corrected chi connectivity index (χ2v) is 8.37. The van der Waals surface area contributed by atoms with Gasteiger partial charge >= 0.3 is 0 Å². The van der Waals surface area contributed by atoms with Gasteiger partial charge in [0, 0.05) is 23.8 Å². The average molecular weight is 439 g/mol. The monoisotopic (exact) mass is 438 g/mol. The van der Waals surface area contributed by atoms with Crippen LogP contribution in [0, 0.1) is 0 Å². The van der Waals surface area contributed by atoms with E-state index in [2.05, 4.69) is 32.9 Å². The highest BCUT2D eigenvalue weighted by Crippen LogP contribution is 2.44. The molecule has 1 heterocycles. The number of rotatable bonds is 7. The van der Waals surface area contributed by atoms with Crippen molar-refractivity contribution < 1.29 is 29.6 Å². The van der Waals surface area contributed by atoms with E-state index >= 15 is 0 Å². The Morgan fingerprint density at radius 2 is 1.84 bits per heavy atom. The smallest absolute Gasteiger partial charge is 0.174 e. The Balaban J connectivity index is 1.88. The summed E-state index contributed by atoms with van der Waals surface area (Å²) < 4.78 is 11.3. The summed E-state index contributed by atoms with van der Waals surface area (Å²) in [7, 11) is 1.55. The Morgan fingerprint density at radius 3 is 2.53 bits per heavy atom. The first-order valence-corrected chi connectivity index (χ1v) is 10.6. The highest BCUT2D eigenvalue weighted by atomic mass is 16.5. The molecule has 0 saturated heterocycles. The number of fused-ring (bicyclic) bond motifs is 1. The average Bonchev–Trinajstić information content (AvgIpc) is 2.71. The summed E-state index contributed by atoms with van der Waals surface area (Å²) in [4.78, 5) is 12.6. The van der Waals surface area contributed by atoms with Crippen LogP contribution in [0.5, 0.6) is 28.7 Å². The van der Waals surface area contributed by atoms with Crippen molar-refractivity contribution in [3.63, 3.8) is 0 Å². The molecule has 1 aliphatic rings. The van der Waals surface area contributed by atoms with E-state index in [1.807, 2.05) is 0 Å². The molecule has 6 nitrogen and oxygen atoms in total. The van der Waals surface area contributed by atoms with Gasteiger partial charge in [-0.15, -0.1) is 0 Å². The molecule has 0 bridgehead atoms. The first kappa shape index (κ1) is 23.3. The third-order valence-corrected chi connectivity index (χ3v) is 5.52. The zero-order valence-electron chi connectivity index (χ0n) is 18.9. The van der Waals surface area contributed by atoms with Crippen molar-refractivity contribution in [2.45, 2.75) is 52.6 Å². The summed E-state index contributed by atoms with van der Waals surface area (Å²) in [5.41, 5.74) is 3.92. The van der Waals surface area contributed by atoms with Gasteiger partial charge in [0.2, 0.25) is 0 Å². The molecule has 6 heteroatoms. The summed E-state index contributed by atoms with van der Waals surface area (Å²) in [6.45, 7) is 6.26. The predicted octanol–water partition coefficient (Wildman–Crippen LogP) is 5.75. The van der Waals surface area contributed by atoms with Gasteiger partial charge in [0.05, 0.1) is 13.5 Å². The number of methoxy groups -OCH3 is 1. The van der Waals surface area contributed by atoms with Gasteiger partial charge in [0.1, 0.15) is 40.4 Å². The highest BCUT2D eigenvalue weighted by molar-refractivity contribution is 6.02. The van der Waals surface area contributed by atoms with Crippen molar-refractivity contribution in [2.75, 3.05) is 7.11 Å². The molecule has 0 amide bonds. The minimum atomic E-state index is -0.747. The maximum Gasteiger partial charge on any atom is 0.174 e. The topological polar surface area (TPSA) is 96.2 Å². The fraction of sp³-hybridized carbons (Fsp3) is 0.346. The quantitative estimate of drug-likeness (QED) is 0.476. The lowest BCUT2D eigenvalue weighted by molar-refractivity contribution is 0.0842. The van der Waals surface area contributed by atoms with E-state index in [9.17, 15) is 20.1 Å². The van der Waals surface area contributed by atoms with Crippen molar-refractivity contribution in [2.24, 2.45) is 0 Å². The van der Waals surface area contributed by atoms with Gasteiger partial charge < -0.3 is 24.8 Å². The van der Waals surface area contributed by atoms with Crippen LogP contribution >= 0.6 is 0 Å². The van der Waals surface area contributed by atoms with Gasteiger partial charge in [-0.05, 0) is 51.7 Å². The number of allylic oxidation sites excluding steroid dienone is 4. The van der Waals surface area contributed by atoms with Crippen molar-refractivity contribution in [1.29, 1.82) is 0 Å². The fourth-order valence-electron chi connectivity index (χ4n) is 3.81. The van der Waals surface area contributed by atoms with Crippen LogP contribution in [0.3, 0.4) is 0 Å². The minimum absolute atomic E-state index is 0.0394. The summed E-state index contributed by atoms with van der Waals surface area (Å²) in [5.74, 6) is -0.242. The van der Waals surface area contributed by atoms with Crippen LogP contribution < -0.4 is 9.47 Å². The minimum Gasteiger partial charge on any atom is -0.508 e. The molecule has 2 aromatic carbocycles. The zero-order chi connectivity index (χ0) is 23.4. The number of ether oxygens (including phenoxy) is 2. The molecule has 0 radical (unpaired) electrons. The standard InChI is InChI=1S/C26H30O6/c1-15(2)6-5-7-16(3)8-9-17-10-19(20(28)13-23(17)31-4)24-14-22(30)26-21(29)11-18(27)12-25(26)32-24/h6,8,10-13,24,27-29H,5,7,9,14H2,1-4H3/t24-/m0/s1. The summed E-state index contributed by atoms with van der Waals surface area (Å²) >= 11 is 0. The Hall–Kier alpha value is -3.41. The number of carbonyl (C=O) groups is 1. The maximum atomic E-state index is 12.6. The third-order valence-electron chi connectivity index (χ3n) is 5.52. The van der Waals surface area contributed by atoms with Gasteiger partial charge in [0.25, 0.3) is 0 Å². The van der Waals surface area contributed by atoms with Gasteiger partial charge in [-0.25, -0.2) is 0 Å². The molecule has 0 aromatic heterocycles. The molecule has 0 saturated carbocycles. The second kappa shape index (κ2) is 9.81. The van der Waals surface area contributed by atoms with E-state index in [0.717, 1.165) is 24.5 Å². The highest BCUT2D eigenvalue weighted by Gasteiger charge is 2.32. The lowest BCUT2D eigenvalue weighted by atomic mass is 9.93. The number of carbonyl (C=O) groups excluding carboxylic acids is 1. The van der Waals surface area contributed by atoms with E-state index < -0.39 is 6.10 Å². The molecule has 3 N–H and O–H groups in total. The molecule has 0 spiro atoms. The fourth-order valence-corrected chi connectivity index (χ4v) is 3.81. The van der Waals surface area contributed by atoms with E-state index in [0.29, 0.717) is 17.7 Å². The van der Waals surface area contributed by atoms with Crippen molar-refractivity contribution in [3.05, 3.63) is 64.3 Å². The van der Waals surface area contributed by atoms with Crippen LogP contribution in [-0.4, -0.2) is 28.2 Å². The van der Waals surface area contributed by atoms with Gasteiger partial charge in [-0.2, -0.15) is 0 Å². The van der Waals surface area contributed by atoms with Crippen molar-refractivity contribution in [3.8, 4) is 28.7 Å². The lowest BCUT2D eigenvalue weighted by Gasteiger charge is -2.27. The molecule has 0 fully saturated rings. The van der Waals surface area contributed by atoms with E-state index in [4.69, 9.17) is 9.47 Å². The first-order chi connectivity index (χ1) is 15.2. The van der Waals surface area contributed by atoms with Gasteiger partial charge in [-0.3, -0.25) is 4.79 Å². The number of benzene rings is 2. The van der Waals surface area contributed by atoms with Gasteiger partial charge in [-0.1, -0.05) is 23.3 Å². The van der Waals surface area contributed by atoms with Crippen LogP contribution in [0.1, 0.15) is 67.6 Å². The summed E-state index contributed by atoms with van der Waals surface area (Å²) in [5, 5.41) is 30.4. The number of aromatic hydroxyl groups is 3. The molecule has 1 aliphatic heterocycles. The molecule has 170 valence electrons. The number of hydrogen-bond acceptors (Lipinski definition) is 6. The van der Waals surface area contributed by atoms with E-state index in [-0.39, 0.29) is 40.8 Å². The van der Waals surface area contributed by atoms with Crippen LogP contribution in [-0.2, 0) is 6.42 Å². The summed E-state index contributed by atoms with van der Waals surface area (Å²) in [6, 6.07) is 5.72. The number of hydrogen-bond donors (Lipinski definition) is 3. The Kier molecular flexibility index (Phi) is 7.13. The van der Waals surface area contributed by atoms with Crippen LogP contribution in [0.2, 0.25) is 0 Å². The van der Waals surface area contributed by atoms with Gasteiger partial charge in [0.15, 0.2) is 5.78 Å². The number of phenolic OH excluding ortho intramolecular Hbond substituents is 3. The number of phenols is 3. The third kappa shape index (κ3) is 5.25. The zero-order valence-corrected chi connectivity index (χ0v) is 18.9. The molecule has 0 unspecified atom stereocenters. The number of Topliss-reactive ketones (excluding diaryl/α,β-unsaturated/α-hetero) is 1. The maximum absolute atomic E-state index is 12.6. The first-order valence-electron chi connectivity index (χ1n) is 10.6. The molecule has 2 aromatic rings. The molecule has 32 heavy (non-hydrogen) atoms. The molecule has 0 aliphatic carbocycles. The van der Waals surface area contributed by atoms with Crippen molar-refractivity contribution >= 4 is 5.78 Å². The van der Waals surface area contributed by atoms with Crippen LogP contribution in [0.15, 0.2) is 47.6 Å². The molecule has 3 rings (SSSR count). The Labute approximate surface area is 188 Å². The lowest BCUT2D eigenvalue weighted by Crippen LogP contribution is -2.20. The molecular weight excluding hydrogens is 408 g/mol. The van der Waals surface area contributed by atoms with Crippen molar-refractivity contribution in [1.82, 2.24) is 0 Å².